The lowest BCUT2D eigenvalue weighted by atomic mass is 10.1. The van der Waals surface area contributed by atoms with E-state index in [9.17, 15) is 18.0 Å². The van der Waals surface area contributed by atoms with E-state index in [1.807, 2.05) is 37.3 Å². The summed E-state index contributed by atoms with van der Waals surface area (Å²) in [5.41, 5.74) is 0.289. The van der Waals surface area contributed by atoms with Crippen molar-refractivity contribution < 1.29 is 27.2 Å². The number of anilines is 2. The third-order valence-electron chi connectivity index (χ3n) is 3.99. The standard InChI is InChI=1S/C19H17F3N4O2/c1-13(10-14-6-3-2-4-7-14)26-12-17(28-25-26)24-18(27)23-16-9-5-8-15(11-16)19(20,21)22/h2-9,11-13H,10H2,1H3,(H-,23,24,25,27)/p+1/t13-/m1/s1. The largest absolute Gasteiger partial charge is 0.416 e. The Kier molecular flexibility index (Phi) is 5.62. The van der Waals surface area contributed by atoms with E-state index in [0.717, 1.165) is 17.7 Å². The van der Waals surface area contributed by atoms with Crippen molar-refractivity contribution in [3.63, 3.8) is 0 Å². The second-order valence-corrected chi connectivity index (χ2v) is 6.24. The van der Waals surface area contributed by atoms with Crippen LogP contribution in [0.5, 0.6) is 0 Å². The van der Waals surface area contributed by atoms with E-state index < -0.39 is 17.8 Å². The molecule has 9 heteroatoms. The molecule has 3 aromatic rings. The van der Waals surface area contributed by atoms with E-state index in [1.165, 1.54) is 18.3 Å². The highest BCUT2D eigenvalue weighted by Gasteiger charge is 2.30. The van der Waals surface area contributed by atoms with Gasteiger partial charge in [0.1, 0.15) is 0 Å². The Morgan fingerprint density at radius 3 is 2.61 bits per heavy atom. The number of halogens is 3. The number of carbonyl (C=O) groups is 1. The molecule has 0 saturated carbocycles. The smallest absolute Gasteiger partial charge is 0.308 e. The number of urea groups is 1. The maximum Gasteiger partial charge on any atom is 0.416 e. The van der Waals surface area contributed by atoms with Crippen molar-refractivity contribution >= 4 is 17.6 Å². The van der Waals surface area contributed by atoms with Gasteiger partial charge >= 0.3 is 18.1 Å². The number of carbonyl (C=O) groups excluding carboxylic acids is 1. The topological polar surface area (TPSA) is 71.0 Å². The molecular weight excluding hydrogens is 373 g/mol. The van der Waals surface area contributed by atoms with Crippen LogP contribution in [-0.2, 0) is 12.6 Å². The number of amides is 2. The third-order valence-corrected chi connectivity index (χ3v) is 3.99. The highest BCUT2D eigenvalue weighted by atomic mass is 19.4. The molecule has 3 rings (SSSR count). The van der Waals surface area contributed by atoms with Crippen molar-refractivity contribution in [1.29, 1.82) is 0 Å². The number of benzene rings is 2. The molecule has 0 bridgehead atoms. The highest BCUT2D eigenvalue weighted by molar-refractivity contribution is 5.98. The molecule has 6 nitrogen and oxygen atoms in total. The highest BCUT2D eigenvalue weighted by Crippen LogP contribution is 2.30. The van der Waals surface area contributed by atoms with E-state index in [1.54, 1.807) is 4.68 Å². The fraction of sp³-hybridized carbons (Fsp3) is 0.211. The van der Waals surface area contributed by atoms with Gasteiger partial charge in [0.15, 0.2) is 6.04 Å². The minimum Gasteiger partial charge on any atom is -0.308 e. The summed E-state index contributed by atoms with van der Waals surface area (Å²) in [5, 5.41) is 8.61. The van der Waals surface area contributed by atoms with Crippen molar-refractivity contribution in [2.75, 3.05) is 10.6 Å². The molecule has 2 N–H and O–H groups in total. The normalized spacial score (nSPS) is 12.4. The minimum absolute atomic E-state index is 0.0113. The molecule has 0 aliphatic heterocycles. The molecule has 146 valence electrons. The first kappa shape index (κ1) is 19.4. The van der Waals surface area contributed by atoms with Crippen molar-refractivity contribution in [3.8, 4) is 0 Å². The summed E-state index contributed by atoms with van der Waals surface area (Å²) in [7, 11) is 0. The Hall–Kier alpha value is -3.36. The Morgan fingerprint density at radius 2 is 1.89 bits per heavy atom. The summed E-state index contributed by atoms with van der Waals surface area (Å²) in [6.07, 6.45) is -2.26. The predicted molar refractivity (Wildman–Crippen MR) is 95.6 cm³/mol. The van der Waals surface area contributed by atoms with Gasteiger partial charge in [-0.25, -0.2) is 4.79 Å². The van der Waals surface area contributed by atoms with Gasteiger partial charge in [-0.1, -0.05) is 36.4 Å². The number of nitrogens with zero attached hydrogens (tertiary/aromatic N) is 2. The first-order valence-electron chi connectivity index (χ1n) is 8.48. The van der Waals surface area contributed by atoms with Gasteiger partial charge < -0.3 is 5.32 Å². The molecule has 1 atom stereocenters. The third kappa shape index (κ3) is 5.09. The number of nitrogens with one attached hydrogen (secondary N) is 2. The summed E-state index contributed by atoms with van der Waals surface area (Å²) >= 11 is 0. The van der Waals surface area contributed by atoms with Crippen LogP contribution in [0.1, 0.15) is 24.1 Å². The molecule has 0 aliphatic carbocycles. The van der Waals surface area contributed by atoms with Gasteiger partial charge in [0, 0.05) is 19.0 Å². The number of alkyl halides is 3. The van der Waals surface area contributed by atoms with E-state index in [-0.39, 0.29) is 17.6 Å². The summed E-state index contributed by atoms with van der Waals surface area (Å²) in [6, 6.07) is 13.4. The van der Waals surface area contributed by atoms with Crippen LogP contribution in [0.4, 0.5) is 29.5 Å². The molecule has 1 heterocycles. The fourth-order valence-electron chi connectivity index (χ4n) is 2.62. The van der Waals surface area contributed by atoms with E-state index >= 15 is 0 Å². The average Bonchev–Trinajstić information content (AvgIpc) is 3.10. The predicted octanol–water partition coefficient (Wildman–Crippen LogP) is 4.43. The summed E-state index contributed by atoms with van der Waals surface area (Å²) in [5.74, 6) is 0.0735. The molecule has 0 radical (unpaired) electrons. The van der Waals surface area contributed by atoms with Crippen LogP contribution in [0.3, 0.4) is 0 Å². The molecule has 2 aromatic carbocycles. The molecule has 2 amide bonds. The van der Waals surface area contributed by atoms with Crippen LogP contribution in [-0.4, -0.2) is 11.3 Å². The second kappa shape index (κ2) is 8.12. The lowest BCUT2D eigenvalue weighted by Gasteiger charge is -2.09. The van der Waals surface area contributed by atoms with Crippen molar-refractivity contribution in [2.24, 2.45) is 0 Å². The van der Waals surface area contributed by atoms with Crippen LogP contribution in [0, 0.1) is 0 Å². The second-order valence-electron chi connectivity index (χ2n) is 6.24. The van der Waals surface area contributed by atoms with E-state index in [4.69, 9.17) is 4.52 Å². The van der Waals surface area contributed by atoms with E-state index in [0.29, 0.717) is 6.42 Å². The zero-order valence-electron chi connectivity index (χ0n) is 14.9. The van der Waals surface area contributed by atoms with Crippen molar-refractivity contribution in [2.45, 2.75) is 25.6 Å². The molecule has 1 aromatic heterocycles. The molecule has 28 heavy (non-hydrogen) atoms. The molecule has 0 fully saturated rings. The van der Waals surface area contributed by atoms with Gasteiger partial charge in [-0.15, -0.1) is 0 Å². The number of hydrogen-bond donors (Lipinski definition) is 2. The van der Waals surface area contributed by atoms with Gasteiger partial charge in [0.05, 0.1) is 5.56 Å². The van der Waals surface area contributed by atoms with Crippen LogP contribution in [0.2, 0.25) is 0 Å². The van der Waals surface area contributed by atoms with Crippen molar-refractivity contribution in [1.82, 2.24) is 5.27 Å². The fourth-order valence-corrected chi connectivity index (χ4v) is 2.62. The first-order valence-corrected chi connectivity index (χ1v) is 8.48. The van der Waals surface area contributed by atoms with Crippen LogP contribution < -0.4 is 15.3 Å². The Balaban J connectivity index is 1.59. The van der Waals surface area contributed by atoms with Crippen molar-refractivity contribution in [3.05, 3.63) is 71.9 Å². The zero-order chi connectivity index (χ0) is 20.1. The van der Waals surface area contributed by atoms with Gasteiger partial charge in [0.2, 0.25) is 5.27 Å². The van der Waals surface area contributed by atoms with Crippen LogP contribution in [0.15, 0.2) is 65.3 Å². The lowest BCUT2D eigenvalue weighted by Crippen LogP contribution is -2.40. The van der Waals surface area contributed by atoms with Gasteiger partial charge in [-0.2, -0.15) is 13.2 Å². The Bertz CT molecular complexity index is 942. The lowest BCUT2D eigenvalue weighted by molar-refractivity contribution is -0.782. The maximum atomic E-state index is 12.7. The molecular formula is C19H18F3N4O2+. The molecule has 0 aliphatic rings. The van der Waals surface area contributed by atoms with Gasteiger partial charge in [0.25, 0.3) is 6.20 Å². The summed E-state index contributed by atoms with van der Waals surface area (Å²) < 4.78 is 44.8. The van der Waals surface area contributed by atoms with Gasteiger partial charge in [-0.05, 0) is 28.4 Å². The quantitative estimate of drug-likeness (QED) is 0.632. The van der Waals surface area contributed by atoms with Gasteiger partial charge in [-0.3, -0.25) is 9.84 Å². The number of rotatable bonds is 5. The Morgan fingerprint density at radius 1 is 1.14 bits per heavy atom. The Labute approximate surface area is 158 Å². The monoisotopic (exact) mass is 391 g/mol. The molecule has 0 saturated heterocycles. The van der Waals surface area contributed by atoms with E-state index in [2.05, 4.69) is 15.9 Å². The minimum atomic E-state index is -4.49. The number of aromatic nitrogens is 2. The molecule has 0 spiro atoms. The SMILES string of the molecule is C[C@H](Cc1ccccc1)[n+]1cc(NC(=O)Nc2cccc(C(F)(F)F)c2)on1. The van der Waals surface area contributed by atoms with Crippen LogP contribution in [0.25, 0.3) is 0 Å². The maximum absolute atomic E-state index is 12.7. The first-order chi connectivity index (χ1) is 13.3. The van der Waals surface area contributed by atoms with Crippen LogP contribution >= 0.6 is 0 Å². The zero-order valence-corrected chi connectivity index (χ0v) is 14.9. The average molecular weight is 391 g/mol. The summed E-state index contributed by atoms with van der Waals surface area (Å²) in [6.45, 7) is 1.95. The summed E-state index contributed by atoms with van der Waals surface area (Å²) in [4.78, 5) is 12.0. The molecule has 0 unspecified atom stereocenters. The number of hydrogen-bond acceptors (Lipinski definition) is 3.